The normalized spacial score (nSPS) is 20.8. The Morgan fingerprint density at radius 2 is 2.10 bits per heavy atom. The van der Waals surface area contributed by atoms with Crippen LogP contribution in [0.25, 0.3) is 0 Å². The quantitative estimate of drug-likeness (QED) is 0.447. The van der Waals surface area contributed by atoms with E-state index >= 15 is 0 Å². The van der Waals surface area contributed by atoms with Crippen molar-refractivity contribution in [2.24, 2.45) is 17.7 Å². The van der Waals surface area contributed by atoms with Gasteiger partial charge in [0.15, 0.2) is 0 Å². The first-order valence-corrected chi connectivity index (χ1v) is 7.02. The molecule has 0 saturated heterocycles. The molecule has 0 aromatic heterocycles. The van der Waals surface area contributed by atoms with Gasteiger partial charge in [-0.3, -0.25) is 10.2 Å². The molecule has 1 saturated carbocycles. The lowest BCUT2D eigenvalue weighted by atomic mass is 10.2. The zero-order valence-electron chi connectivity index (χ0n) is 12.1. The molecule has 20 heavy (non-hydrogen) atoms. The van der Waals surface area contributed by atoms with E-state index in [9.17, 15) is 4.79 Å². The third-order valence-electron chi connectivity index (χ3n) is 3.81. The first kappa shape index (κ1) is 14.8. The predicted octanol–water partition coefficient (Wildman–Crippen LogP) is 1.26. The van der Waals surface area contributed by atoms with E-state index in [4.69, 9.17) is 10.6 Å². The number of ether oxygens (including phenoxy) is 1. The highest BCUT2D eigenvalue weighted by molar-refractivity contribution is 5.93. The number of hydrogen-bond acceptors (Lipinski definition) is 4. The van der Waals surface area contributed by atoms with Crippen molar-refractivity contribution in [3.05, 3.63) is 29.8 Å². The summed E-state index contributed by atoms with van der Waals surface area (Å²) < 4.78 is 5.67. The van der Waals surface area contributed by atoms with Crippen molar-refractivity contribution >= 4 is 5.91 Å². The van der Waals surface area contributed by atoms with E-state index in [1.807, 2.05) is 0 Å². The summed E-state index contributed by atoms with van der Waals surface area (Å²) in [7, 11) is 2.13. The van der Waals surface area contributed by atoms with Crippen LogP contribution < -0.4 is 16.0 Å². The number of rotatable bonds is 7. The van der Waals surface area contributed by atoms with Crippen LogP contribution in [0.5, 0.6) is 5.75 Å². The monoisotopic (exact) mass is 277 g/mol. The second-order valence-electron chi connectivity index (χ2n) is 5.58. The fourth-order valence-electron chi connectivity index (χ4n) is 2.25. The molecule has 0 bridgehead atoms. The lowest BCUT2D eigenvalue weighted by Crippen LogP contribution is -2.29. The molecule has 3 N–H and O–H groups in total. The van der Waals surface area contributed by atoms with Crippen LogP contribution >= 0.6 is 0 Å². The van der Waals surface area contributed by atoms with Gasteiger partial charge < -0.3 is 9.64 Å². The third kappa shape index (κ3) is 4.21. The molecule has 5 nitrogen and oxygen atoms in total. The lowest BCUT2D eigenvalue weighted by Gasteiger charge is -2.16. The zero-order valence-corrected chi connectivity index (χ0v) is 12.1. The van der Waals surface area contributed by atoms with Crippen molar-refractivity contribution in [3.8, 4) is 5.75 Å². The average Bonchev–Trinajstić information content (AvgIpc) is 3.14. The Hall–Kier alpha value is -1.59. The van der Waals surface area contributed by atoms with E-state index in [-0.39, 0.29) is 5.91 Å². The largest absolute Gasteiger partial charge is 0.492 e. The Labute approximate surface area is 120 Å². The van der Waals surface area contributed by atoms with E-state index in [0.29, 0.717) is 12.2 Å². The van der Waals surface area contributed by atoms with E-state index in [2.05, 4.69) is 24.3 Å². The van der Waals surface area contributed by atoms with E-state index in [1.54, 1.807) is 24.3 Å². The highest BCUT2D eigenvalue weighted by Crippen LogP contribution is 2.37. The van der Waals surface area contributed by atoms with Crippen LogP contribution in [-0.4, -0.2) is 37.6 Å². The van der Waals surface area contributed by atoms with Crippen LogP contribution in [0.1, 0.15) is 23.7 Å². The van der Waals surface area contributed by atoms with Gasteiger partial charge in [-0.1, -0.05) is 6.92 Å². The zero-order chi connectivity index (χ0) is 14.5. The van der Waals surface area contributed by atoms with Gasteiger partial charge in [0.05, 0.1) is 0 Å². The molecule has 1 fully saturated rings. The van der Waals surface area contributed by atoms with Crippen LogP contribution in [-0.2, 0) is 0 Å². The number of nitrogens with two attached hydrogens (primary N) is 1. The summed E-state index contributed by atoms with van der Waals surface area (Å²) in [6, 6.07) is 6.97. The van der Waals surface area contributed by atoms with Gasteiger partial charge in [0.25, 0.3) is 5.91 Å². The molecule has 1 aromatic rings. The van der Waals surface area contributed by atoms with E-state index in [1.165, 1.54) is 6.42 Å². The van der Waals surface area contributed by atoms with E-state index in [0.717, 1.165) is 30.7 Å². The summed E-state index contributed by atoms with van der Waals surface area (Å²) in [5, 5.41) is 0. The molecular formula is C15H23N3O2. The van der Waals surface area contributed by atoms with Crippen LogP contribution in [0.3, 0.4) is 0 Å². The molecule has 5 heteroatoms. The molecule has 2 unspecified atom stereocenters. The molecule has 1 aliphatic carbocycles. The topological polar surface area (TPSA) is 67.6 Å². The Balaban J connectivity index is 1.69. The molecule has 0 aliphatic heterocycles. The van der Waals surface area contributed by atoms with E-state index < -0.39 is 0 Å². The summed E-state index contributed by atoms with van der Waals surface area (Å²) in [6.07, 6.45) is 1.36. The summed E-state index contributed by atoms with van der Waals surface area (Å²) in [5.41, 5.74) is 2.63. The molecule has 2 atom stereocenters. The van der Waals surface area contributed by atoms with Gasteiger partial charge in [0, 0.05) is 18.7 Å². The fraction of sp³-hybridized carbons (Fsp3) is 0.533. The number of amides is 1. The predicted molar refractivity (Wildman–Crippen MR) is 78.4 cm³/mol. The second kappa shape index (κ2) is 6.72. The van der Waals surface area contributed by atoms with Gasteiger partial charge in [-0.15, -0.1) is 0 Å². The summed E-state index contributed by atoms with van der Waals surface area (Å²) in [5.74, 6) is 7.31. The Morgan fingerprint density at radius 3 is 2.65 bits per heavy atom. The van der Waals surface area contributed by atoms with Gasteiger partial charge in [-0.25, -0.2) is 5.84 Å². The number of nitrogens with one attached hydrogen (secondary N) is 1. The van der Waals surface area contributed by atoms with Gasteiger partial charge in [-0.2, -0.15) is 0 Å². The molecule has 0 spiro atoms. The van der Waals surface area contributed by atoms with Crippen LogP contribution in [0.2, 0.25) is 0 Å². The molecule has 2 rings (SSSR count). The molecule has 0 heterocycles. The number of carbonyl (C=O) groups excluding carboxylic acids is 1. The summed E-state index contributed by atoms with van der Waals surface area (Å²) in [6.45, 7) is 5.02. The van der Waals surface area contributed by atoms with Crippen LogP contribution in [0.4, 0.5) is 0 Å². The molecule has 1 aliphatic rings. The average molecular weight is 277 g/mol. The molecule has 110 valence electrons. The minimum Gasteiger partial charge on any atom is -0.492 e. The number of carbonyl (C=O) groups is 1. The van der Waals surface area contributed by atoms with Crippen molar-refractivity contribution in [2.45, 2.75) is 13.3 Å². The van der Waals surface area contributed by atoms with Crippen molar-refractivity contribution in [3.63, 3.8) is 0 Å². The third-order valence-corrected chi connectivity index (χ3v) is 3.81. The SMILES string of the molecule is CC1CC1CN(C)CCOc1ccc(C(=O)NN)cc1. The number of hydrogen-bond donors (Lipinski definition) is 2. The Morgan fingerprint density at radius 1 is 1.45 bits per heavy atom. The first-order chi connectivity index (χ1) is 9.60. The molecule has 1 aromatic carbocycles. The smallest absolute Gasteiger partial charge is 0.265 e. The maximum absolute atomic E-state index is 11.3. The number of likely N-dealkylation sites (N-methyl/N-ethyl adjacent to an activating group) is 1. The maximum atomic E-state index is 11.3. The highest BCUT2D eigenvalue weighted by Gasteiger charge is 2.32. The summed E-state index contributed by atoms with van der Waals surface area (Å²) >= 11 is 0. The minimum absolute atomic E-state index is 0.296. The maximum Gasteiger partial charge on any atom is 0.265 e. The Kier molecular flexibility index (Phi) is 4.98. The van der Waals surface area contributed by atoms with Gasteiger partial charge >= 0.3 is 0 Å². The van der Waals surface area contributed by atoms with Gasteiger partial charge in [0.2, 0.25) is 0 Å². The van der Waals surface area contributed by atoms with Gasteiger partial charge in [0.1, 0.15) is 12.4 Å². The van der Waals surface area contributed by atoms with Crippen molar-refractivity contribution in [1.82, 2.24) is 10.3 Å². The number of hydrazine groups is 1. The Bertz CT molecular complexity index is 447. The van der Waals surface area contributed by atoms with Crippen LogP contribution in [0, 0.1) is 11.8 Å². The minimum atomic E-state index is -0.296. The van der Waals surface area contributed by atoms with Gasteiger partial charge in [-0.05, 0) is 49.6 Å². The van der Waals surface area contributed by atoms with Crippen molar-refractivity contribution in [1.29, 1.82) is 0 Å². The summed E-state index contributed by atoms with van der Waals surface area (Å²) in [4.78, 5) is 13.6. The molecule has 0 radical (unpaired) electrons. The molecule has 1 amide bonds. The number of nitrogens with zero attached hydrogens (tertiary/aromatic N) is 1. The van der Waals surface area contributed by atoms with Crippen molar-refractivity contribution in [2.75, 3.05) is 26.7 Å². The highest BCUT2D eigenvalue weighted by atomic mass is 16.5. The lowest BCUT2D eigenvalue weighted by molar-refractivity contribution is 0.0953. The van der Waals surface area contributed by atoms with Crippen molar-refractivity contribution < 1.29 is 9.53 Å². The van der Waals surface area contributed by atoms with Crippen LogP contribution in [0.15, 0.2) is 24.3 Å². The number of nitrogen functional groups attached to an aromatic ring is 1. The molecular weight excluding hydrogens is 254 g/mol. The standard InChI is InChI=1S/C15H23N3O2/c1-11-9-13(11)10-18(2)7-8-20-14-5-3-12(4-6-14)15(19)17-16/h3-6,11,13H,7-10,16H2,1-2H3,(H,17,19). The second-order valence-corrected chi connectivity index (χ2v) is 5.58. The number of benzene rings is 1. The first-order valence-electron chi connectivity index (χ1n) is 7.02. The fourth-order valence-corrected chi connectivity index (χ4v) is 2.25.